The summed E-state index contributed by atoms with van der Waals surface area (Å²) in [5, 5.41) is 0. The van der Waals surface area contributed by atoms with Crippen LogP contribution in [0.3, 0.4) is 0 Å². The van der Waals surface area contributed by atoms with Gasteiger partial charge in [-0.1, -0.05) is 0 Å². The van der Waals surface area contributed by atoms with Crippen molar-refractivity contribution >= 4 is 11.8 Å². The molecule has 0 aliphatic carbocycles. The predicted octanol–water partition coefficient (Wildman–Crippen LogP) is 1.46. The smallest absolute Gasteiger partial charge is 0.356 e. The van der Waals surface area contributed by atoms with E-state index < -0.39 is 5.97 Å². The third kappa shape index (κ3) is 2.39. The summed E-state index contributed by atoms with van der Waals surface area (Å²) in [7, 11) is 0. The van der Waals surface area contributed by atoms with Crippen molar-refractivity contribution in [1.82, 2.24) is 4.98 Å². The maximum Gasteiger partial charge on any atom is 0.356 e. The molecule has 0 unspecified atom stereocenters. The Morgan fingerprint density at radius 1 is 1.50 bits per heavy atom. The van der Waals surface area contributed by atoms with Crippen LogP contribution in [-0.2, 0) is 4.74 Å². The van der Waals surface area contributed by atoms with Gasteiger partial charge in [0.25, 0.3) is 0 Å². The third-order valence-electron chi connectivity index (χ3n) is 1.65. The van der Waals surface area contributed by atoms with E-state index in [4.69, 9.17) is 4.74 Å². The number of ether oxygens (including phenoxy) is 1. The molecule has 74 valence electrons. The van der Waals surface area contributed by atoms with E-state index in [-0.39, 0.29) is 11.5 Å². The molecule has 0 spiro atoms. The molecule has 4 nitrogen and oxygen atoms in total. The Bertz CT molecular complexity index is 360. The number of Topliss-reactive ketones (excluding diaryl/α,β-unsaturated/α-hetero) is 1. The van der Waals surface area contributed by atoms with Gasteiger partial charge in [0.05, 0.1) is 6.61 Å². The average molecular weight is 193 g/mol. The standard InChI is InChI=1S/C10H11NO3/c1-3-14-10(13)9-6-8(7(2)12)4-5-11-9/h4-6H,3H2,1-2H3. The summed E-state index contributed by atoms with van der Waals surface area (Å²) in [6.07, 6.45) is 1.42. The van der Waals surface area contributed by atoms with Gasteiger partial charge in [-0.2, -0.15) is 0 Å². The zero-order valence-corrected chi connectivity index (χ0v) is 8.11. The molecule has 1 aromatic rings. The summed E-state index contributed by atoms with van der Waals surface area (Å²) >= 11 is 0. The first kappa shape index (κ1) is 10.4. The number of ketones is 1. The van der Waals surface area contributed by atoms with E-state index >= 15 is 0 Å². The summed E-state index contributed by atoms with van der Waals surface area (Å²) in [4.78, 5) is 26.0. The molecule has 0 bridgehead atoms. The minimum absolute atomic E-state index is 0.0991. The fourth-order valence-corrected chi connectivity index (χ4v) is 0.966. The Hall–Kier alpha value is -1.71. The Labute approximate surface area is 81.9 Å². The molecule has 0 amide bonds. The van der Waals surface area contributed by atoms with Crippen molar-refractivity contribution < 1.29 is 14.3 Å². The Balaban J connectivity index is 2.93. The van der Waals surface area contributed by atoms with Crippen molar-refractivity contribution in [3.05, 3.63) is 29.6 Å². The number of carbonyl (C=O) groups is 2. The number of nitrogens with zero attached hydrogens (tertiary/aromatic N) is 1. The van der Waals surface area contributed by atoms with Crippen LogP contribution in [0.25, 0.3) is 0 Å². The largest absolute Gasteiger partial charge is 0.461 e. The van der Waals surface area contributed by atoms with Crippen LogP contribution in [0.1, 0.15) is 34.7 Å². The SMILES string of the molecule is CCOC(=O)c1cc(C(C)=O)ccn1. The van der Waals surface area contributed by atoms with E-state index in [9.17, 15) is 9.59 Å². The highest BCUT2D eigenvalue weighted by atomic mass is 16.5. The number of pyridine rings is 1. The molecular formula is C10H11NO3. The highest BCUT2D eigenvalue weighted by Crippen LogP contribution is 2.04. The molecule has 1 heterocycles. The lowest BCUT2D eigenvalue weighted by Gasteiger charge is -2.01. The van der Waals surface area contributed by atoms with Crippen LogP contribution in [0.15, 0.2) is 18.3 Å². The molecule has 0 radical (unpaired) electrons. The first-order chi connectivity index (χ1) is 6.65. The number of hydrogen-bond donors (Lipinski definition) is 0. The minimum Gasteiger partial charge on any atom is -0.461 e. The van der Waals surface area contributed by atoms with Crippen LogP contribution in [0, 0.1) is 0 Å². The van der Waals surface area contributed by atoms with Crippen LogP contribution in [0.4, 0.5) is 0 Å². The van der Waals surface area contributed by atoms with Crippen molar-refractivity contribution in [3.63, 3.8) is 0 Å². The lowest BCUT2D eigenvalue weighted by molar-refractivity contribution is 0.0519. The Kier molecular flexibility index (Phi) is 3.34. The zero-order chi connectivity index (χ0) is 10.6. The summed E-state index contributed by atoms with van der Waals surface area (Å²) < 4.78 is 4.75. The maximum absolute atomic E-state index is 11.2. The lowest BCUT2D eigenvalue weighted by atomic mass is 10.2. The average Bonchev–Trinajstić information content (AvgIpc) is 2.18. The molecule has 0 aliphatic rings. The molecule has 0 aromatic carbocycles. The second kappa shape index (κ2) is 4.50. The normalized spacial score (nSPS) is 9.57. The molecule has 0 atom stereocenters. The quantitative estimate of drug-likeness (QED) is 0.538. The Morgan fingerprint density at radius 3 is 2.79 bits per heavy atom. The second-order valence-electron chi connectivity index (χ2n) is 2.71. The van der Waals surface area contributed by atoms with Gasteiger partial charge in [0.1, 0.15) is 5.69 Å². The summed E-state index contributed by atoms with van der Waals surface area (Å²) in [5.74, 6) is -0.603. The highest BCUT2D eigenvalue weighted by molar-refractivity contribution is 5.96. The van der Waals surface area contributed by atoms with Gasteiger partial charge in [0.15, 0.2) is 5.78 Å². The van der Waals surface area contributed by atoms with Crippen molar-refractivity contribution in [2.45, 2.75) is 13.8 Å². The van der Waals surface area contributed by atoms with E-state index in [2.05, 4.69) is 4.98 Å². The molecule has 0 N–H and O–H groups in total. The number of esters is 1. The van der Waals surface area contributed by atoms with Gasteiger partial charge in [-0.15, -0.1) is 0 Å². The first-order valence-electron chi connectivity index (χ1n) is 4.29. The summed E-state index contributed by atoms with van der Waals surface area (Å²) in [5.41, 5.74) is 0.627. The number of carbonyl (C=O) groups excluding carboxylic acids is 2. The first-order valence-corrected chi connectivity index (χ1v) is 4.29. The van der Waals surface area contributed by atoms with Crippen LogP contribution >= 0.6 is 0 Å². The number of rotatable bonds is 3. The summed E-state index contributed by atoms with van der Waals surface area (Å²) in [6.45, 7) is 3.45. The van der Waals surface area contributed by atoms with Crippen molar-refractivity contribution in [2.24, 2.45) is 0 Å². The van der Waals surface area contributed by atoms with Gasteiger partial charge >= 0.3 is 5.97 Å². The highest BCUT2D eigenvalue weighted by Gasteiger charge is 2.09. The number of hydrogen-bond acceptors (Lipinski definition) is 4. The maximum atomic E-state index is 11.2. The molecule has 0 fully saturated rings. The fourth-order valence-electron chi connectivity index (χ4n) is 0.966. The van der Waals surface area contributed by atoms with Gasteiger partial charge in [-0.05, 0) is 26.0 Å². The lowest BCUT2D eigenvalue weighted by Crippen LogP contribution is -2.08. The monoisotopic (exact) mass is 193 g/mol. The van der Waals surface area contributed by atoms with E-state index in [1.165, 1.54) is 19.2 Å². The van der Waals surface area contributed by atoms with Crippen molar-refractivity contribution in [3.8, 4) is 0 Å². The van der Waals surface area contributed by atoms with E-state index in [0.29, 0.717) is 12.2 Å². The summed E-state index contributed by atoms with van der Waals surface area (Å²) in [6, 6.07) is 2.99. The molecule has 0 aliphatic heterocycles. The zero-order valence-electron chi connectivity index (χ0n) is 8.11. The predicted molar refractivity (Wildman–Crippen MR) is 50.2 cm³/mol. The van der Waals surface area contributed by atoms with Gasteiger partial charge in [0.2, 0.25) is 0 Å². The fraction of sp³-hybridized carbons (Fsp3) is 0.300. The molecule has 4 heteroatoms. The van der Waals surface area contributed by atoms with E-state index in [1.807, 2.05) is 0 Å². The number of aromatic nitrogens is 1. The van der Waals surface area contributed by atoms with Gasteiger partial charge < -0.3 is 4.74 Å². The second-order valence-corrected chi connectivity index (χ2v) is 2.71. The molecule has 0 saturated carbocycles. The molecular weight excluding hydrogens is 182 g/mol. The van der Waals surface area contributed by atoms with Gasteiger partial charge in [-0.25, -0.2) is 9.78 Å². The Morgan fingerprint density at radius 2 is 2.21 bits per heavy atom. The third-order valence-corrected chi connectivity index (χ3v) is 1.65. The van der Waals surface area contributed by atoms with E-state index in [0.717, 1.165) is 0 Å². The van der Waals surface area contributed by atoms with Crippen LogP contribution in [0.5, 0.6) is 0 Å². The minimum atomic E-state index is -0.504. The molecule has 14 heavy (non-hydrogen) atoms. The van der Waals surface area contributed by atoms with Crippen LogP contribution < -0.4 is 0 Å². The van der Waals surface area contributed by atoms with Crippen molar-refractivity contribution in [1.29, 1.82) is 0 Å². The van der Waals surface area contributed by atoms with E-state index in [1.54, 1.807) is 13.0 Å². The molecule has 0 saturated heterocycles. The van der Waals surface area contributed by atoms with Gasteiger partial charge in [0, 0.05) is 11.8 Å². The van der Waals surface area contributed by atoms with Crippen LogP contribution in [0.2, 0.25) is 0 Å². The van der Waals surface area contributed by atoms with Crippen molar-refractivity contribution in [2.75, 3.05) is 6.61 Å². The molecule has 1 aromatic heterocycles. The van der Waals surface area contributed by atoms with Crippen LogP contribution in [-0.4, -0.2) is 23.3 Å². The van der Waals surface area contributed by atoms with Gasteiger partial charge in [-0.3, -0.25) is 4.79 Å². The molecule has 1 rings (SSSR count). The topological polar surface area (TPSA) is 56.3 Å².